The average molecular weight is 271 g/mol. The minimum atomic E-state index is 0.127. The molecule has 3 N–H and O–H groups in total. The number of hydrogen-bond donors (Lipinski definition) is 2. The number of hydrogen-bond acceptors (Lipinski definition) is 4. The largest absolute Gasteiger partial charge is 0.271 e. The number of aromatic nitrogens is 3. The number of nitrogens with one attached hydrogen (secondary N) is 1. The summed E-state index contributed by atoms with van der Waals surface area (Å²) in [5, 5.41) is 8.19. The van der Waals surface area contributed by atoms with Crippen LogP contribution in [0.25, 0.3) is 0 Å². The Morgan fingerprint density at radius 1 is 1.40 bits per heavy atom. The lowest BCUT2D eigenvalue weighted by molar-refractivity contribution is 0.434. The van der Waals surface area contributed by atoms with Crippen LogP contribution in [0, 0.1) is 5.92 Å². The first-order valence-corrected chi connectivity index (χ1v) is 7.24. The average Bonchev–Trinajstić information content (AvgIpc) is 3.14. The third-order valence-corrected chi connectivity index (χ3v) is 4.08. The van der Waals surface area contributed by atoms with Gasteiger partial charge in [-0.3, -0.25) is 11.3 Å². The van der Waals surface area contributed by atoms with Crippen LogP contribution in [0.4, 0.5) is 0 Å². The first-order chi connectivity index (χ1) is 9.85. The Morgan fingerprint density at radius 2 is 2.20 bits per heavy atom. The number of rotatable bonds is 6. The van der Waals surface area contributed by atoms with Crippen LogP contribution in [0.15, 0.2) is 36.5 Å². The summed E-state index contributed by atoms with van der Waals surface area (Å²) < 4.78 is 1.96. The van der Waals surface area contributed by atoms with E-state index in [4.69, 9.17) is 5.84 Å². The molecule has 1 heterocycles. The van der Waals surface area contributed by atoms with Gasteiger partial charge in [0.25, 0.3) is 0 Å². The molecule has 106 valence electrons. The van der Waals surface area contributed by atoms with Crippen LogP contribution in [0.2, 0.25) is 0 Å². The second-order valence-corrected chi connectivity index (χ2v) is 5.44. The van der Waals surface area contributed by atoms with Gasteiger partial charge in [-0.2, -0.15) is 0 Å². The molecule has 1 aliphatic carbocycles. The second-order valence-electron chi connectivity index (χ2n) is 5.44. The molecule has 1 fully saturated rings. The Bertz CT molecular complexity index is 550. The Labute approximate surface area is 119 Å². The van der Waals surface area contributed by atoms with E-state index in [1.807, 2.05) is 10.9 Å². The molecule has 0 saturated heterocycles. The maximum absolute atomic E-state index is 5.79. The van der Waals surface area contributed by atoms with Crippen LogP contribution < -0.4 is 11.3 Å². The standard InChI is InChI=1S/C15H21N5/c1-2-8-20-14(10-17-19-20)15(18-16)13-9-12(13)11-6-4-3-5-7-11/h3-7,10,12-13,15,18H,2,8-9,16H2,1H3. The molecule has 1 aromatic heterocycles. The van der Waals surface area contributed by atoms with Crippen LogP contribution in [0.5, 0.6) is 0 Å². The third-order valence-electron chi connectivity index (χ3n) is 4.08. The van der Waals surface area contributed by atoms with Gasteiger partial charge in [0.05, 0.1) is 17.9 Å². The fraction of sp³-hybridized carbons (Fsp3) is 0.467. The van der Waals surface area contributed by atoms with Gasteiger partial charge in [-0.15, -0.1) is 5.10 Å². The van der Waals surface area contributed by atoms with Crippen molar-refractivity contribution in [2.45, 2.75) is 38.3 Å². The van der Waals surface area contributed by atoms with Crippen molar-refractivity contribution >= 4 is 0 Å². The van der Waals surface area contributed by atoms with Crippen molar-refractivity contribution in [3.63, 3.8) is 0 Å². The van der Waals surface area contributed by atoms with Gasteiger partial charge in [0.1, 0.15) is 0 Å². The first kappa shape index (κ1) is 13.3. The van der Waals surface area contributed by atoms with Crippen molar-refractivity contribution in [1.82, 2.24) is 20.4 Å². The molecule has 0 spiro atoms. The molecule has 3 rings (SSSR count). The summed E-state index contributed by atoms with van der Waals surface area (Å²) in [6.45, 7) is 3.02. The third kappa shape index (κ3) is 2.46. The van der Waals surface area contributed by atoms with Crippen molar-refractivity contribution in [3.8, 4) is 0 Å². The normalized spacial score (nSPS) is 22.7. The van der Waals surface area contributed by atoms with Gasteiger partial charge in [-0.1, -0.05) is 42.5 Å². The van der Waals surface area contributed by atoms with E-state index in [2.05, 4.69) is 53.0 Å². The highest BCUT2D eigenvalue weighted by molar-refractivity contribution is 5.28. The van der Waals surface area contributed by atoms with E-state index < -0.39 is 0 Å². The molecular formula is C15H21N5. The molecule has 20 heavy (non-hydrogen) atoms. The lowest BCUT2D eigenvalue weighted by Gasteiger charge is -2.17. The minimum absolute atomic E-state index is 0.127. The maximum atomic E-state index is 5.79. The summed E-state index contributed by atoms with van der Waals surface area (Å²) in [5.74, 6) is 6.90. The summed E-state index contributed by atoms with van der Waals surface area (Å²) >= 11 is 0. The van der Waals surface area contributed by atoms with Gasteiger partial charge in [0.2, 0.25) is 0 Å². The molecule has 0 aliphatic heterocycles. The van der Waals surface area contributed by atoms with Crippen molar-refractivity contribution in [3.05, 3.63) is 47.8 Å². The number of nitrogens with two attached hydrogens (primary N) is 1. The highest BCUT2D eigenvalue weighted by Crippen LogP contribution is 2.53. The van der Waals surface area contributed by atoms with Crippen LogP contribution in [0.1, 0.15) is 43.0 Å². The van der Waals surface area contributed by atoms with Crippen LogP contribution >= 0.6 is 0 Å². The number of aryl methyl sites for hydroxylation is 1. The molecule has 2 aromatic rings. The van der Waals surface area contributed by atoms with Gasteiger partial charge in [0.15, 0.2) is 0 Å². The van der Waals surface area contributed by atoms with Gasteiger partial charge in [-0.25, -0.2) is 4.68 Å². The maximum Gasteiger partial charge on any atom is 0.0773 e. The van der Waals surface area contributed by atoms with Gasteiger partial charge in [-0.05, 0) is 30.2 Å². The van der Waals surface area contributed by atoms with Crippen LogP contribution in [-0.4, -0.2) is 15.0 Å². The fourth-order valence-corrected chi connectivity index (χ4v) is 2.99. The zero-order chi connectivity index (χ0) is 13.9. The number of hydrazine groups is 1. The van der Waals surface area contributed by atoms with E-state index in [0.29, 0.717) is 11.8 Å². The quantitative estimate of drug-likeness (QED) is 0.623. The molecule has 3 atom stereocenters. The summed E-state index contributed by atoms with van der Waals surface area (Å²) in [7, 11) is 0. The van der Waals surface area contributed by atoms with Crippen molar-refractivity contribution in [1.29, 1.82) is 0 Å². The Balaban J connectivity index is 1.77. The van der Waals surface area contributed by atoms with Crippen LogP contribution in [0.3, 0.4) is 0 Å². The van der Waals surface area contributed by atoms with E-state index in [0.717, 1.165) is 25.1 Å². The molecule has 0 bridgehead atoms. The van der Waals surface area contributed by atoms with Gasteiger partial charge >= 0.3 is 0 Å². The summed E-state index contributed by atoms with van der Waals surface area (Å²) in [6.07, 6.45) is 4.04. The molecule has 5 nitrogen and oxygen atoms in total. The highest BCUT2D eigenvalue weighted by Gasteiger charge is 2.45. The van der Waals surface area contributed by atoms with E-state index >= 15 is 0 Å². The summed E-state index contributed by atoms with van der Waals surface area (Å²) in [5.41, 5.74) is 5.45. The summed E-state index contributed by atoms with van der Waals surface area (Å²) in [4.78, 5) is 0. The Kier molecular flexibility index (Phi) is 3.80. The zero-order valence-electron chi connectivity index (χ0n) is 11.7. The predicted octanol–water partition coefficient (Wildman–Crippen LogP) is 2.00. The smallest absolute Gasteiger partial charge is 0.0773 e. The van der Waals surface area contributed by atoms with Crippen LogP contribution in [-0.2, 0) is 6.54 Å². The molecule has 0 amide bonds. The van der Waals surface area contributed by atoms with Crippen molar-refractivity contribution in [2.75, 3.05) is 0 Å². The molecule has 1 aliphatic rings. The minimum Gasteiger partial charge on any atom is -0.271 e. The zero-order valence-corrected chi connectivity index (χ0v) is 11.7. The lowest BCUT2D eigenvalue weighted by Crippen LogP contribution is -2.31. The topological polar surface area (TPSA) is 68.8 Å². The van der Waals surface area contributed by atoms with E-state index in [1.54, 1.807) is 0 Å². The molecule has 5 heteroatoms. The van der Waals surface area contributed by atoms with E-state index in [9.17, 15) is 0 Å². The van der Waals surface area contributed by atoms with Crippen molar-refractivity contribution < 1.29 is 0 Å². The number of benzene rings is 1. The van der Waals surface area contributed by atoms with Crippen molar-refractivity contribution in [2.24, 2.45) is 11.8 Å². The fourth-order valence-electron chi connectivity index (χ4n) is 2.99. The SMILES string of the molecule is CCCn1nncc1C(NN)C1CC1c1ccccc1. The lowest BCUT2D eigenvalue weighted by atomic mass is 10.0. The predicted molar refractivity (Wildman–Crippen MR) is 77.7 cm³/mol. The molecular weight excluding hydrogens is 250 g/mol. The molecule has 3 unspecified atom stereocenters. The molecule has 1 aromatic carbocycles. The van der Waals surface area contributed by atoms with Gasteiger partial charge < -0.3 is 0 Å². The molecule has 1 saturated carbocycles. The highest BCUT2D eigenvalue weighted by atomic mass is 15.4. The Hall–Kier alpha value is -1.72. The first-order valence-electron chi connectivity index (χ1n) is 7.24. The van der Waals surface area contributed by atoms with E-state index in [1.165, 1.54) is 5.56 Å². The van der Waals surface area contributed by atoms with Gasteiger partial charge in [0, 0.05) is 6.54 Å². The number of nitrogens with zero attached hydrogens (tertiary/aromatic N) is 3. The molecule has 0 radical (unpaired) electrons. The summed E-state index contributed by atoms with van der Waals surface area (Å²) in [6, 6.07) is 10.8. The monoisotopic (exact) mass is 271 g/mol. The second kappa shape index (κ2) is 5.73. The van der Waals surface area contributed by atoms with E-state index in [-0.39, 0.29) is 6.04 Å². The Morgan fingerprint density at radius 3 is 2.90 bits per heavy atom.